The van der Waals surface area contributed by atoms with E-state index in [1.54, 1.807) is 0 Å². The minimum Gasteiger partial charge on any atom is -0.601 e. The Hall–Kier alpha value is -0.120. The second-order valence-electron chi connectivity index (χ2n) is 6.04. The number of hydrogen-bond donors (Lipinski definition) is 1. The first-order valence-corrected chi connectivity index (χ1v) is 8.32. The molecule has 0 heterocycles. The molecule has 0 saturated carbocycles. The average molecular weight is 273 g/mol. The van der Waals surface area contributed by atoms with Crippen LogP contribution in [0.3, 0.4) is 0 Å². The average Bonchev–Trinajstić information content (AvgIpc) is 2.39. The second-order valence-corrected chi connectivity index (χ2v) is 6.04. The van der Waals surface area contributed by atoms with Gasteiger partial charge in [-0.2, -0.15) is 0 Å². The van der Waals surface area contributed by atoms with Gasteiger partial charge in [-0.1, -0.05) is 84.5 Å². The van der Waals surface area contributed by atoms with E-state index in [2.05, 4.69) is 18.7 Å². The van der Waals surface area contributed by atoms with Crippen LogP contribution in [0.4, 0.5) is 0 Å². The number of nitrogens with two attached hydrogens (primary N) is 1. The summed E-state index contributed by atoms with van der Waals surface area (Å²) in [6.45, 7) is 5.22. The van der Waals surface area contributed by atoms with E-state index in [1.165, 1.54) is 70.6 Å². The fourth-order valence-corrected chi connectivity index (χ4v) is 2.38. The van der Waals surface area contributed by atoms with Crippen molar-refractivity contribution in [2.75, 3.05) is 6.61 Å². The molecule has 3 nitrogen and oxygen atoms in total. The zero-order valence-corrected chi connectivity index (χ0v) is 13.2. The third-order valence-corrected chi connectivity index (χ3v) is 3.61. The lowest BCUT2D eigenvalue weighted by atomic mass is 10.0. The summed E-state index contributed by atoms with van der Waals surface area (Å²) in [4.78, 5) is 4.66. The van der Waals surface area contributed by atoms with E-state index in [0.717, 1.165) is 12.3 Å². The van der Waals surface area contributed by atoms with Gasteiger partial charge in [-0.3, -0.25) is 0 Å². The molecule has 0 amide bonds. The Labute approximate surface area is 120 Å². The molecule has 0 aliphatic heterocycles. The third kappa shape index (κ3) is 17.9. The largest absolute Gasteiger partial charge is 0.601 e. The Morgan fingerprint density at radius 2 is 1.16 bits per heavy atom. The SMILES string of the molecule is CC(C)CCCCCCCCCCCCCO[NH2+][O-]. The summed E-state index contributed by atoms with van der Waals surface area (Å²) in [5, 5.41) is 9.92. The standard InChI is InChI=1S/C16H35NO2/c1-16(2)14-12-10-8-6-4-3-5-7-9-11-13-15-19-17-18/h16H,3-15,17H2,1-2H3. The van der Waals surface area contributed by atoms with E-state index < -0.39 is 0 Å². The normalized spacial score (nSPS) is 11.4. The van der Waals surface area contributed by atoms with E-state index >= 15 is 0 Å². The molecule has 0 radical (unpaired) electrons. The van der Waals surface area contributed by atoms with Gasteiger partial charge in [0.2, 0.25) is 0 Å². The van der Waals surface area contributed by atoms with Crippen LogP contribution in [0.15, 0.2) is 0 Å². The van der Waals surface area contributed by atoms with Gasteiger partial charge in [0.1, 0.15) is 6.61 Å². The van der Waals surface area contributed by atoms with E-state index in [4.69, 9.17) is 0 Å². The van der Waals surface area contributed by atoms with Crippen molar-refractivity contribution in [3.8, 4) is 0 Å². The fourth-order valence-electron chi connectivity index (χ4n) is 2.38. The van der Waals surface area contributed by atoms with Gasteiger partial charge in [0.05, 0.1) is 0 Å². The van der Waals surface area contributed by atoms with Crippen LogP contribution in [-0.4, -0.2) is 6.61 Å². The summed E-state index contributed by atoms with van der Waals surface area (Å²) >= 11 is 0. The number of hydrogen-bond acceptors (Lipinski definition) is 2. The van der Waals surface area contributed by atoms with Crippen LogP contribution in [0.5, 0.6) is 0 Å². The first kappa shape index (κ1) is 18.9. The van der Waals surface area contributed by atoms with Crippen LogP contribution in [0.25, 0.3) is 0 Å². The van der Waals surface area contributed by atoms with Crippen LogP contribution in [-0.2, 0) is 4.84 Å². The van der Waals surface area contributed by atoms with Crippen LogP contribution in [0, 0.1) is 11.1 Å². The molecule has 0 aliphatic carbocycles. The molecular formula is C16H35NO2. The summed E-state index contributed by atoms with van der Waals surface area (Å²) < 4.78 is 0. The highest BCUT2D eigenvalue weighted by molar-refractivity contribution is 4.50. The lowest BCUT2D eigenvalue weighted by Gasteiger charge is -2.05. The van der Waals surface area contributed by atoms with Crippen molar-refractivity contribution in [2.24, 2.45) is 5.92 Å². The summed E-state index contributed by atoms with van der Waals surface area (Å²) in [7, 11) is 0. The van der Waals surface area contributed by atoms with Gasteiger partial charge >= 0.3 is 0 Å². The lowest BCUT2D eigenvalue weighted by Crippen LogP contribution is -2.76. The molecule has 0 unspecified atom stereocenters. The topological polar surface area (TPSA) is 48.9 Å². The molecule has 3 heteroatoms. The second kappa shape index (κ2) is 15.9. The quantitative estimate of drug-likeness (QED) is 0.357. The lowest BCUT2D eigenvalue weighted by molar-refractivity contribution is -0.850. The molecule has 0 saturated heterocycles. The highest BCUT2D eigenvalue weighted by Gasteiger charge is 1.95. The zero-order valence-electron chi connectivity index (χ0n) is 13.2. The highest BCUT2D eigenvalue weighted by Crippen LogP contribution is 2.13. The van der Waals surface area contributed by atoms with E-state index in [-0.39, 0.29) is 0 Å². The molecule has 0 atom stereocenters. The maximum atomic E-state index is 9.92. The molecular weight excluding hydrogens is 238 g/mol. The van der Waals surface area contributed by atoms with Crippen molar-refractivity contribution in [1.82, 2.24) is 0 Å². The Morgan fingerprint density at radius 1 is 0.737 bits per heavy atom. The minimum absolute atomic E-state index is 0.543. The minimum atomic E-state index is 0.543. The molecule has 0 aliphatic rings. The summed E-state index contributed by atoms with van der Waals surface area (Å²) in [5.41, 5.74) is 0.543. The maximum absolute atomic E-state index is 9.92. The van der Waals surface area contributed by atoms with E-state index in [1.807, 2.05) is 0 Å². The predicted octanol–water partition coefficient (Wildman–Crippen LogP) is 4.32. The molecule has 0 fully saturated rings. The van der Waals surface area contributed by atoms with Crippen molar-refractivity contribution in [1.29, 1.82) is 0 Å². The van der Waals surface area contributed by atoms with Crippen LogP contribution in [0.2, 0.25) is 0 Å². The first-order chi connectivity index (χ1) is 9.27. The third-order valence-electron chi connectivity index (χ3n) is 3.61. The fraction of sp³-hybridized carbons (Fsp3) is 1.00. The molecule has 0 aromatic carbocycles. The van der Waals surface area contributed by atoms with E-state index in [9.17, 15) is 5.21 Å². The van der Waals surface area contributed by atoms with Crippen molar-refractivity contribution < 1.29 is 10.5 Å². The zero-order chi connectivity index (χ0) is 14.2. The van der Waals surface area contributed by atoms with Crippen molar-refractivity contribution >= 4 is 0 Å². The molecule has 0 rings (SSSR count). The Bertz CT molecular complexity index is 163. The van der Waals surface area contributed by atoms with Gasteiger partial charge in [-0.05, 0) is 12.3 Å². The predicted molar refractivity (Wildman–Crippen MR) is 81.5 cm³/mol. The van der Waals surface area contributed by atoms with Crippen LogP contribution < -0.4 is 5.64 Å². The monoisotopic (exact) mass is 273 g/mol. The van der Waals surface area contributed by atoms with Gasteiger partial charge < -0.3 is 5.21 Å². The van der Waals surface area contributed by atoms with Gasteiger partial charge in [-0.15, -0.1) is 0 Å². The molecule has 0 bridgehead atoms. The van der Waals surface area contributed by atoms with Gasteiger partial charge in [0.25, 0.3) is 0 Å². The van der Waals surface area contributed by atoms with Crippen molar-refractivity contribution in [3.05, 3.63) is 5.21 Å². The van der Waals surface area contributed by atoms with Gasteiger partial charge in [0, 0.05) is 0 Å². The van der Waals surface area contributed by atoms with Crippen molar-refractivity contribution in [3.63, 3.8) is 0 Å². The number of unbranched alkanes of at least 4 members (excludes halogenated alkanes) is 10. The Balaban J connectivity index is 2.91. The summed E-state index contributed by atoms with van der Waals surface area (Å²) in [5.74, 6) is 0.872. The van der Waals surface area contributed by atoms with E-state index in [0.29, 0.717) is 12.3 Å². The van der Waals surface area contributed by atoms with Gasteiger partial charge in [0.15, 0.2) is 0 Å². The Morgan fingerprint density at radius 3 is 1.58 bits per heavy atom. The number of rotatable bonds is 15. The summed E-state index contributed by atoms with van der Waals surface area (Å²) in [6, 6.07) is 0. The molecule has 19 heavy (non-hydrogen) atoms. The van der Waals surface area contributed by atoms with Crippen LogP contribution >= 0.6 is 0 Å². The maximum Gasteiger partial charge on any atom is 0.106 e. The first-order valence-electron chi connectivity index (χ1n) is 8.32. The number of quaternary nitrogens is 1. The molecule has 116 valence electrons. The molecule has 0 aromatic heterocycles. The molecule has 2 N–H and O–H groups in total. The smallest absolute Gasteiger partial charge is 0.106 e. The van der Waals surface area contributed by atoms with Crippen LogP contribution in [0.1, 0.15) is 90.9 Å². The Kier molecular flexibility index (Phi) is 15.8. The van der Waals surface area contributed by atoms with Crippen molar-refractivity contribution in [2.45, 2.75) is 90.9 Å². The summed E-state index contributed by atoms with van der Waals surface area (Å²) in [6.07, 6.45) is 16.1. The molecule has 0 aromatic rings. The van der Waals surface area contributed by atoms with Gasteiger partial charge in [-0.25, -0.2) is 10.5 Å². The molecule has 0 spiro atoms. The highest BCUT2D eigenvalue weighted by atomic mass is 16.8.